The van der Waals surface area contributed by atoms with Crippen LogP contribution >= 0.6 is 0 Å². The molecule has 5 heteroatoms. The number of aliphatic hydroxyl groups excluding tert-OH is 1. The fourth-order valence-electron chi connectivity index (χ4n) is 2.61. The molecule has 2 rings (SSSR count). The highest BCUT2D eigenvalue weighted by Gasteiger charge is 2.20. The van der Waals surface area contributed by atoms with Crippen LogP contribution in [-0.2, 0) is 4.79 Å². The second-order valence-electron chi connectivity index (χ2n) is 5.52. The Kier molecular flexibility index (Phi) is 5.99. The molecule has 0 aromatic heterocycles. The van der Waals surface area contributed by atoms with E-state index in [9.17, 15) is 14.3 Å². The largest absolute Gasteiger partial charge is 0.490 e. The Hall–Kier alpha value is -1.62. The van der Waals surface area contributed by atoms with Crippen molar-refractivity contribution in [3.05, 3.63) is 30.1 Å². The van der Waals surface area contributed by atoms with Crippen LogP contribution in [0.5, 0.6) is 5.75 Å². The van der Waals surface area contributed by atoms with Crippen LogP contribution in [0.2, 0.25) is 0 Å². The van der Waals surface area contributed by atoms with Crippen LogP contribution in [0, 0.1) is 11.7 Å². The van der Waals surface area contributed by atoms with Crippen LogP contribution in [0.25, 0.3) is 0 Å². The molecule has 0 radical (unpaired) electrons. The molecule has 0 spiro atoms. The number of ether oxygens (including phenoxy) is 1. The topological polar surface area (TPSA) is 58.6 Å². The third-order valence-electron chi connectivity index (χ3n) is 3.77. The van der Waals surface area contributed by atoms with Crippen LogP contribution in [0.15, 0.2) is 24.3 Å². The first kappa shape index (κ1) is 15.8. The Morgan fingerprint density at radius 1 is 1.38 bits per heavy atom. The van der Waals surface area contributed by atoms with E-state index in [1.165, 1.54) is 12.1 Å². The van der Waals surface area contributed by atoms with E-state index < -0.39 is 5.82 Å². The first-order valence-electron chi connectivity index (χ1n) is 7.47. The third-order valence-corrected chi connectivity index (χ3v) is 3.77. The smallest absolute Gasteiger partial charge is 0.223 e. The lowest BCUT2D eigenvalue weighted by atomic mass is 9.87. The molecular weight excluding hydrogens is 273 g/mol. The number of carbonyl (C=O) groups is 1. The first-order valence-corrected chi connectivity index (χ1v) is 7.47. The molecule has 1 aliphatic carbocycles. The van der Waals surface area contributed by atoms with Crippen molar-refractivity contribution in [2.45, 2.75) is 38.2 Å². The summed E-state index contributed by atoms with van der Waals surface area (Å²) >= 11 is 0. The second-order valence-corrected chi connectivity index (χ2v) is 5.52. The zero-order valence-corrected chi connectivity index (χ0v) is 12.1. The van der Waals surface area contributed by atoms with Crippen molar-refractivity contribution in [2.75, 3.05) is 13.2 Å². The minimum Gasteiger partial charge on any atom is -0.490 e. The van der Waals surface area contributed by atoms with Gasteiger partial charge in [-0.05, 0) is 37.3 Å². The molecule has 0 bridgehead atoms. The summed E-state index contributed by atoms with van der Waals surface area (Å²) in [5.41, 5.74) is 0. The molecule has 1 aromatic carbocycles. The summed E-state index contributed by atoms with van der Waals surface area (Å²) < 4.78 is 18.5. The number of carbonyl (C=O) groups excluding carboxylic acids is 1. The molecule has 2 unspecified atom stereocenters. The van der Waals surface area contributed by atoms with Crippen molar-refractivity contribution < 1.29 is 19.0 Å². The van der Waals surface area contributed by atoms with Gasteiger partial charge in [-0.1, -0.05) is 18.6 Å². The van der Waals surface area contributed by atoms with Crippen LogP contribution < -0.4 is 10.1 Å². The molecule has 1 aromatic rings. The van der Waals surface area contributed by atoms with Crippen LogP contribution in [0.4, 0.5) is 4.39 Å². The summed E-state index contributed by atoms with van der Waals surface area (Å²) in [6.45, 7) is 0.746. The highest BCUT2D eigenvalue weighted by Crippen LogP contribution is 2.23. The SMILES string of the molecule is O=C(CCOc1ccccc1F)NCC1CCCC(O)C1. The Bertz CT molecular complexity index is 467. The number of benzene rings is 1. The molecule has 1 fully saturated rings. The van der Waals surface area contributed by atoms with Crippen LogP contribution in [0.1, 0.15) is 32.1 Å². The highest BCUT2D eigenvalue weighted by atomic mass is 19.1. The van der Waals surface area contributed by atoms with Gasteiger partial charge in [0, 0.05) is 6.54 Å². The molecule has 116 valence electrons. The first-order chi connectivity index (χ1) is 10.1. The molecule has 1 aliphatic rings. The maximum Gasteiger partial charge on any atom is 0.223 e. The fourth-order valence-corrected chi connectivity index (χ4v) is 2.61. The highest BCUT2D eigenvalue weighted by molar-refractivity contribution is 5.75. The van der Waals surface area contributed by atoms with Gasteiger partial charge >= 0.3 is 0 Å². The summed E-state index contributed by atoms with van der Waals surface area (Å²) in [7, 11) is 0. The van der Waals surface area contributed by atoms with E-state index in [1.54, 1.807) is 12.1 Å². The zero-order chi connectivity index (χ0) is 15.1. The van der Waals surface area contributed by atoms with Gasteiger partial charge in [0.05, 0.1) is 19.1 Å². The van der Waals surface area contributed by atoms with Crippen molar-refractivity contribution in [1.29, 1.82) is 0 Å². The Balaban J connectivity index is 1.62. The number of amides is 1. The van der Waals surface area contributed by atoms with Crippen LogP contribution in [-0.4, -0.2) is 30.3 Å². The van der Waals surface area contributed by atoms with Crippen LogP contribution in [0.3, 0.4) is 0 Å². The second kappa shape index (κ2) is 7.98. The summed E-state index contributed by atoms with van der Waals surface area (Å²) in [6, 6.07) is 6.14. The van der Waals surface area contributed by atoms with E-state index in [1.807, 2.05) is 0 Å². The molecule has 0 heterocycles. The fraction of sp³-hybridized carbons (Fsp3) is 0.562. The standard InChI is InChI=1S/C16H22FNO3/c17-14-6-1-2-7-15(14)21-9-8-16(20)18-11-12-4-3-5-13(19)10-12/h1-2,6-7,12-13,19H,3-5,8-11H2,(H,18,20). The van der Waals surface area contributed by atoms with Gasteiger partial charge in [0.15, 0.2) is 11.6 Å². The quantitative estimate of drug-likeness (QED) is 0.846. The van der Waals surface area contributed by atoms with Gasteiger partial charge in [-0.15, -0.1) is 0 Å². The van der Waals surface area contributed by atoms with Gasteiger partial charge in [-0.2, -0.15) is 0 Å². The molecule has 1 amide bonds. The van der Waals surface area contributed by atoms with E-state index in [4.69, 9.17) is 4.74 Å². The predicted molar refractivity (Wildman–Crippen MR) is 77.5 cm³/mol. The molecular formula is C16H22FNO3. The van der Waals surface area contributed by atoms with Gasteiger partial charge in [0.2, 0.25) is 5.91 Å². The van der Waals surface area contributed by atoms with Crippen molar-refractivity contribution >= 4 is 5.91 Å². The molecule has 2 N–H and O–H groups in total. The molecule has 2 atom stereocenters. The average Bonchev–Trinajstić information content (AvgIpc) is 2.47. The van der Waals surface area contributed by atoms with Gasteiger partial charge in [-0.25, -0.2) is 4.39 Å². The molecule has 0 saturated heterocycles. The third kappa shape index (κ3) is 5.34. The summed E-state index contributed by atoms with van der Waals surface area (Å²) in [4.78, 5) is 11.7. The minimum atomic E-state index is -0.422. The summed E-state index contributed by atoms with van der Waals surface area (Å²) in [5.74, 6) is -0.00797. The number of aliphatic hydroxyl groups is 1. The lowest BCUT2D eigenvalue weighted by molar-refractivity contribution is -0.121. The van der Waals surface area contributed by atoms with Crippen molar-refractivity contribution in [1.82, 2.24) is 5.32 Å². The summed E-state index contributed by atoms with van der Waals surface area (Å²) in [6.07, 6.45) is 3.64. The minimum absolute atomic E-state index is 0.105. The van der Waals surface area contributed by atoms with Crippen molar-refractivity contribution in [3.63, 3.8) is 0 Å². The lowest BCUT2D eigenvalue weighted by Gasteiger charge is -2.25. The number of nitrogens with one attached hydrogen (secondary N) is 1. The van der Waals surface area contributed by atoms with E-state index >= 15 is 0 Å². The van der Waals surface area contributed by atoms with E-state index in [0.717, 1.165) is 25.7 Å². The number of para-hydroxylation sites is 1. The Morgan fingerprint density at radius 3 is 2.95 bits per heavy atom. The molecule has 0 aliphatic heterocycles. The number of hydrogen-bond donors (Lipinski definition) is 2. The normalized spacial score (nSPS) is 21.8. The number of rotatable bonds is 6. The Labute approximate surface area is 124 Å². The Morgan fingerprint density at radius 2 is 2.19 bits per heavy atom. The molecule has 21 heavy (non-hydrogen) atoms. The van der Waals surface area contributed by atoms with E-state index in [-0.39, 0.29) is 30.8 Å². The number of hydrogen-bond acceptors (Lipinski definition) is 3. The monoisotopic (exact) mass is 295 g/mol. The molecule has 4 nitrogen and oxygen atoms in total. The lowest BCUT2D eigenvalue weighted by Crippen LogP contribution is -2.33. The summed E-state index contributed by atoms with van der Waals surface area (Å²) in [5, 5.41) is 12.4. The maximum atomic E-state index is 13.3. The number of halogens is 1. The van der Waals surface area contributed by atoms with Gasteiger partial charge in [0.25, 0.3) is 0 Å². The van der Waals surface area contributed by atoms with Crippen molar-refractivity contribution in [3.8, 4) is 5.75 Å². The van der Waals surface area contributed by atoms with Gasteiger partial charge in [0.1, 0.15) is 0 Å². The zero-order valence-electron chi connectivity index (χ0n) is 12.1. The van der Waals surface area contributed by atoms with E-state index in [2.05, 4.69) is 5.32 Å². The average molecular weight is 295 g/mol. The van der Waals surface area contributed by atoms with Gasteiger partial charge in [-0.3, -0.25) is 4.79 Å². The molecule has 1 saturated carbocycles. The van der Waals surface area contributed by atoms with Crippen molar-refractivity contribution in [2.24, 2.45) is 5.92 Å². The van der Waals surface area contributed by atoms with Gasteiger partial charge < -0.3 is 15.2 Å². The van der Waals surface area contributed by atoms with E-state index in [0.29, 0.717) is 12.5 Å². The maximum absolute atomic E-state index is 13.3. The predicted octanol–water partition coefficient (Wildman–Crippen LogP) is 2.26.